The lowest BCUT2D eigenvalue weighted by atomic mass is 9.96. The molecule has 2 aromatic rings. The Morgan fingerprint density at radius 1 is 0.882 bits per heavy atom. The van der Waals surface area contributed by atoms with Gasteiger partial charge in [0.2, 0.25) is 0 Å². The van der Waals surface area contributed by atoms with E-state index in [9.17, 15) is 0 Å². The Morgan fingerprint density at radius 3 is 2.00 bits per heavy atom. The summed E-state index contributed by atoms with van der Waals surface area (Å²) in [6, 6.07) is 21.1. The van der Waals surface area contributed by atoms with Crippen LogP contribution < -0.4 is 0 Å². The average molecular weight is 222 g/mol. The standard InChI is InChI=1S/C17H18/c1-14(16-9-5-3-6-10-16)13-15(2)17-11-7-4-8-12-17/h3-14H,1-2H3/b15-13+/t14-/m0/s1. The smallest absolute Gasteiger partial charge is 0.000451 e. The van der Waals surface area contributed by atoms with Crippen LogP contribution in [0.1, 0.15) is 30.9 Å². The van der Waals surface area contributed by atoms with Crippen molar-refractivity contribution in [3.8, 4) is 0 Å². The Balaban J connectivity index is 2.20. The zero-order valence-electron chi connectivity index (χ0n) is 10.4. The van der Waals surface area contributed by atoms with Gasteiger partial charge < -0.3 is 0 Å². The predicted octanol–water partition coefficient (Wildman–Crippen LogP) is 4.89. The quantitative estimate of drug-likeness (QED) is 0.693. The van der Waals surface area contributed by atoms with E-state index >= 15 is 0 Å². The van der Waals surface area contributed by atoms with E-state index in [1.54, 1.807) is 0 Å². The maximum Gasteiger partial charge on any atom is -0.000451 e. The van der Waals surface area contributed by atoms with Crippen LogP contribution in [0.15, 0.2) is 66.7 Å². The van der Waals surface area contributed by atoms with E-state index in [-0.39, 0.29) is 0 Å². The van der Waals surface area contributed by atoms with E-state index in [2.05, 4.69) is 80.6 Å². The lowest BCUT2D eigenvalue weighted by molar-refractivity contribution is 0.968. The molecule has 2 aromatic carbocycles. The average Bonchev–Trinajstić information content (AvgIpc) is 2.40. The Hall–Kier alpha value is -1.82. The van der Waals surface area contributed by atoms with Crippen molar-refractivity contribution in [3.63, 3.8) is 0 Å². The fraction of sp³-hybridized carbons (Fsp3) is 0.176. The number of hydrogen-bond donors (Lipinski definition) is 0. The van der Waals surface area contributed by atoms with Crippen molar-refractivity contribution < 1.29 is 0 Å². The maximum atomic E-state index is 2.32. The van der Waals surface area contributed by atoms with Crippen LogP contribution in [0.25, 0.3) is 5.57 Å². The first-order chi connectivity index (χ1) is 8.27. The molecule has 0 nitrogen and oxygen atoms in total. The molecule has 0 aliphatic heterocycles. The van der Waals surface area contributed by atoms with Crippen molar-refractivity contribution in [2.45, 2.75) is 19.8 Å². The van der Waals surface area contributed by atoms with Crippen LogP contribution in [0.5, 0.6) is 0 Å². The van der Waals surface area contributed by atoms with Crippen molar-refractivity contribution in [1.29, 1.82) is 0 Å². The summed E-state index contributed by atoms with van der Waals surface area (Å²) in [7, 11) is 0. The van der Waals surface area contributed by atoms with Crippen molar-refractivity contribution in [2.24, 2.45) is 0 Å². The summed E-state index contributed by atoms with van der Waals surface area (Å²) in [6.07, 6.45) is 2.32. The molecule has 0 saturated heterocycles. The molecule has 0 aromatic heterocycles. The third kappa shape index (κ3) is 3.07. The van der Waals surface area contributed by atoms with Crippen LogP contribution in [0.3, 0.4) is 0 Å². The maximum absolute atomic E-state index is 2.32. The summed E-state index contributed by atoms with van der Waals surface area (Å²) in [4.78, 5) is 0. The zero-order valence-corrected chi connectivity index (χ0v) is 10.4. The monoisotopic (exact) mass is 222 g/mol. The van der Waals surface area contributed by atoms with E-state index in [0.717, 1.165) is 0 Å². The van der Waals surface area contributed by atoms with Crippen molar-refractivity contribution in [3.05, 3.63) is 77.9 Å². The molecule has 0 saturated carbocycles. The van der Waals surface area contributed by atoms with E-state index in [4.69, 9.17) is 0 Å². The molecule has 0 heterocycles. The molecule has 86 valence electrons. The lowest BCUT2D eigenvalue weighted by Crippen LogP contribution is -1.90. The molecule has 0 bridgehead atoms. The molecule has 0 heteroatoms. The number of rotatable bonds is 3. The molecular weight excluding hydrogens is 204 g/mol. The van der Waals surface area contributed by atoms with E-state index < -0.39 is 0 Å². The van der Waals surface area contributed by atoms with Gasteiger partial charge in [0, 0.05) is 0 Å². The van der Waals surface area contributed by atoms with Crippen LogP contribution in [0, 0.1) is 0 Å². The molecule has 0 aliphatic rings. The minimum absolute atomic E-state index is 0.455. The predicted molar refractivity (Wildman–Crippen MR) is 75.0 cm³/mol. The zero-order chi connectivity index (χ0) is 12.1. The van der Waals surface area contributed by atoms with Crippen molar-refractivity contribution in [2.75, 3.05) is 0 Å². The Kier molecular flexibility index (Phi) is 3.77. The molecule has 1 atom stereocenters. The van der Waals surface area contributed by atoms with Gasteiger partial charge in [-0.3, -0.25) is 0 Å². The fourth-order valence-corrected chi connectivity index (χ4v) is 2.03. The van der Waals surface area contributed by atoms with Crippen LogP contribution in [0.2, 0.25) is 0 Å². The van der Waals surface area contributed by atoms with Crippen LogP contribution >= 0.6 is 0 Å². The first-order valence-corrected chi connectivity index (χ1v) is 6.06. The Bertz CT molecular complexity index is 480. The number of benzene rings is 2. The van der Waals surface area contributed by atoms with Gasteiger partial charge in [-0.05, 0) is 29.5 Å². The highest BCUT2D eigenvalue weighted by molar-refractivity contribution is 5.64. The molecule has 2 rings (SSSR count). The summed E-state index contributed by atoms with van der Waals surface area (Å²) < 4.78 is 0. The molecule has 0 amide bonds. The largest absolute Gasteiger partial charge is 0.0738 e. The van der Waals surface area contributed by atoms with E-state index in [0.29, 0.717) is 5.92 Å². The third-order valence-corrected chi connectivity index (χ3v) is 3.05. The fourth-order valence-electron chi connectivity index (χ4n) is 2.03. The SMILES string of the molecule is C/C(=C\[C@H](C)c1ccccc1)c1ccccc1. The highest BCUT2D eigenvalue weighted by Gasteiger charge is 2.02. The first-order valence-electron chi connectivity index (χ1n) is 6.06. The van der Waals surface area contributed by atoms with Gasteiger partial charge in [0.1, 0.15) is 0 Å². The van der Waals surface area contributed by atoms with Gasteiger partial charge in [0.05, 0.1) is 0 Å². The summed E-state index contributed by atoms with van der Waals surface area (Å²) >= 11 is 0. The topological polar surface area (TPSA) is 0 Å². The van der Waals surface area contributed by atoms with Gasteiger partial charge in [-0.25, -0.2) is 0 Å². The number of allylic oxidation sites excluding steroid dienone is 2. The van der Waals surface area contributed by atoms with Crippen molar-refractivity contribution in [1.82, 2.24) is 0 Å². The van der Waals surface area contributed by atoms with E-state index in [1.165, 1.54) is 16.7 Å². The molecule has 17 heavy (non-hydrogen) atoms. The van der Waals surface area contributed by atoms with Crippen LogP contribution in [-0.4, -0.2) is 0 Å². The molecule has 0 radical (unpaired) electrons. The second kappa shape index (κ2) is 5.49. The van der Waals surface area contributed by atoms with Gasteiger partial charge in [0.25, 0.3) is 0 Å². The summed E-state index contributed by atoms with van der Waals surface area (Å²) in [5.74, 6) is 0.455. The summed E-state index contributed by atoms with van der Waals surface area (Å²) in [5.41, 5.74) is 4.00. The number of hydrogen-bond acceptors (Lipinski definition) is 0. The normalized spacial score (nSPS) is 13.4. The molecule has 0 aliphatic carbocycles. The molecule has 0 spiro atoms. The minimum Gasteiger partial charge on any atom is -0.0738 e. The Morgan fingerprint density at radius 2 is 1.41 bits per heavy atom. The molecule has 0 fully saturated rings. The van der Waals surface area contributed by atoms with Gasteiger partial charge in [-0.15, -0.1) is 0 Å². The summed E-state index contributed by atoms with van der Waals surface area (Å²) in [6.45, 7) is 4.41. The van der Waals surface area contributed by atoms with Gasteiger partial charge in [-0.2, -0.15) is 0 Å². The van der Waals surface area contributed by atoms with Gasteiger partial charge >= 0.3 is 0 Å². The van der Waals surface area contributed by atoms with Crippen LogP contribution in [0.4, 0.5) is 0 Å². The van der Waals surface area contributed by atoms with Crippen molar-refractivity contribution >= 4 is 5.57 Å². The third-order valence-electron chi connectivity index (χ3n) is 3.05. The highest BCUT2D eigenvalue weighted by atomic mass is 14.1. The summed E-state index contributed by atoms with van der Waals surface area (Å²) in [5, 5.41) is 0. The van der Waals surface area contributed by atoms with Gasteiger partial charge in [-0.1, -0.05) is 73.7 Å². The minimum atomic E-state index is 0.455. The second-order valence-corrected chi connectivity index (χ2v) is 4.42. The molecule has 0 N–H and O–H groups in total. The Labute approximate surface area is 104 Å². The van der Waals surface area contributed by atoms with Crippen LogP contribution in [-0.2, 0) is 0 Å². The molecule has 0 unspecified atom stereocenters. The van der Waals surface area contributed by atoms with Gasteiger partial charge in [0.15, 0.2) is 0 Å². The van der Waals surface area contributed by atoms with E-state index in [1.807, 2.05) is 0 Å². The molecular formula is C17H18. The lowest BCUT2D eigenvalue weighted by Gasteiger charge is -2.09. The second-order valence-electron chi connectivity index (χ2n) is 4.42. The first kappa shape index (κ1) is 11.7. The highest BCUT2D eigenvalue weighted by Crippen LogP contribution is 2.22.